The second-order valence-corrected chi connectivity index (χ2v) is 13.5. The number of amides is 1. The third-order valence-corrected chi connectivity index (χ3v) is 7.67. The molecule has 1 unspecified atom stereocenters. The molecule has 0 radical (unpaired) electrons. The maximum absolute atomic E-state index is 13.7. The van der Waals surface area contributed by atoms with Gasteiger partial charge in [-0.2, -0.15) is 8.78 Å². The molecule has 0 aliphatic carbocycles. The fourth-order valence-corrected chi connectivity index (χ4v) is 5.54. The number of carbonyl (C=O) groups excluding carboxylic acids is 1. The van der Waals surface area contributed by atoms with Crippen molar-refractivity contribution in [3.63, 3.8) is 0 Å². The van der Waals surface area contributed by atoms with Crippen molar-refractivity contribution < 1.29 is 28.0 Å². The molecule has 12 heteroatoms. The van der Waals surface area contributed by atoms with Gasteiger partial charge in [-0.1, -0.05) is 19.1 Å². The van der Waals surface area contributed by atoms with Crippen LogP contribution in [0.2, 0.25) is 0 Å². The molecular weight excluding hydrogens is 539 g/mol. The largest absolute Gasteiger partial charge is 0.433 e. The average Bonchev–Trinajstić information content (AvgIpc) is 3.24. The summed E-state index contributed by atoms with van der Waals surface area (Å²) in [5.41, 5.74) is 3.18. The predicted octanol–water partition coefficient (Wildman–Crippen LogP) is 5.58. The number of aromatic nitrogens is 3. The van der Waals surface area contributed by atoms with Crippen molar-refractivity contribution in [1.29, 1.82) is 0 Å². The number of rotatable bonds is 9. The van der Waals surface area contributed by atoms with Gasteiger partial charge in [0.15, 0.2) is 5.75 Å². The highest BCUT2D eigenvalue weighted by molar-refractivity contribution is 7.62. The Kier molecular flexibility index (Phi) is 7.61. The fraction of sp³-hybridized carbons (Fsp3) is 0.321. The number of hydrogen-bond donors (Lipinski definition) is 2. The zero-order valence-electron chi connectivity index (χ0n) is 22.3. The fourth-order valence-electron chi connectivity index (χ4n) is 4.99. The third kappa shape index (κ3) is 5.31. The quantitative estimate of drug-likeness (QED) is 0.253. The zero-order chi connectivity index (χ0) is 28.6. The van der Waals surface area contributed by atoms with E-state index >= 15 is 0 Å². The normalized spacial score (nSPS) is 15.2. The van der Waals surface area contributed by atoms with Gasteiger partial charge in [0, 0.05) is 18.3 Å². The summed E-state index contributed by atoms with van der Waals surface area (Å²) >= 11 is 0. The van der Waals surface area contributed by atoms with E-state index in [0.717, 1.165) is 11.1 Å². The number of alkyl halides is 2. The first-order valence-corrected chi connectivity index (χ1v) is 15.7. The van der Waals surface area contributed by atoms with E-state index in [9.17, 15) is 23.2 Å². The summed E-state index contributed by atoms with van der Waals surface area (Å²) in [4.78, 5) is 24.5. The van der Waals surface area contributed by atoms with Gasteiger partial charge in [0.1, 0.15) is 17.3 Å². The minimum Gasteiger partial charge on any atom is -0.433 e. The van der Waals surface area contributed by atoms with Crippen LogP contribution in [0.3, 0.4) is 0 Å². The summed E-state index contributed by atoms with van der Waals surface area (Å²) < 4.78 is 45.6. The Labute approximate surface area is 230 Å². The first kappa shape index (κ1) is 27.7. The highest BCUT2D eigenvalue weighted by Gasteiger charge is 2.36. The molecule has 1 aliphatic rings. The molecule has 2 N–H and O–H groups in total. The number of carbonyl (C=O) groups is 1. The van der Waals surface area contributed by atoms with Gasteiger partial charge < -0.3 is 24.6 Å². The number of para-hydroxylation sites is 1. The Balaban J connectivity index is 1.69. The Morgan fingerprint density at radius 2 is 1.93 bits per heavy atom. The molecule has 0 saturated carbocycles. The molecule has 2 aromatic carbocycles. The second kappa shape index (κ2) is 11.0. The Morgan fingerprint density at radius 1 is 1.15 bits per heavy atom. The van der Waals surface area contributed by atoms with E-state index in [1.807, 2.05) is 31.2 Å². The van der Waals surface area contributed by atoms with Gasteiger partial charge in [0.2, 0.25) is 0 Å². The Hall–Kier alpha value is -3.82. The van der Waals surface area contributed by atoms with Crippen LogP contribution >= 0.6 is 7.14 Å². The summed E-state index contributed by atoms with van der Waals surface area (Å²) in [7, 11) is -2.26. The lowest BCUT2D eigenvalue weighted by molar-refractivity contribution is -0.0498. The number of nitrogens with one attached hydrogen (secondary N) is 1. The van der Waals surface area contributed by atoms with E-state index in [4.69, 9.17) is 9.72 Å². The van der Waals surface area contributed by atoms with E-state index in [1.54, 1.807) is 36.2 Å². The summed E-state index contributed by atoms with van der Waals surface area (Å²) in [6, 6.07) is 13.3. The van der Waals surface area contributed by atoms with E-state index < -0.39 is 25.7 Å². The number of β-amino-alcohol motifs (C(OH)–C–C–N with tert-alkyl or cyclic N) is 1. The smallest absolute Gasteiger partial charge is 0.387 e. The van der Waals surface area contributed by atoms with Crippen LogP contribution in [0.25, 0.3) is 27.8 Å². The highest BCUT2D eigenvalue weighted by Crippen LogP contribution is 2.41. The van der Waals surface area contributed by atoms with Crippen molar-refractivity contribution >= 4 is 29.9 Å². The Morgan fingerprint density at radius 3 is 2.58 bits per heavy atom. The van der Waals surface area contributed by atoms with Crippen LogP contribution in [-0.4, -0.2) is 69.8 Å². The standard InChI is InChI=1S/C28H30F2N5O4P/c1-4-21-26-33-20-10-8-17(18-9-11-24(31-15-18)32-16-40(2,3)38)14-22(20)35(26)25-19(27(37)34(21)12-13-36)6-5-7-23(25)39-28(29)30/h5-11,14-15,21,28,36H,4,12-13,16H2,1-3H3,(H,31,32). The Bertz CT molecular complexity index is 1600. The van der Waals surface area contributed by atoms with Crippen LogP contribution in [0, 0.1) is 0 Å². The minimum atomic E-state index is -3.10. The molecule has 9 nitrogen and oxygen atoms in total. The van der Waals surface area contributed by atoms with E-state index in [-0.39, 0.29) is 30.2 Å². The molecule has 3 heterocycles. The summed E-state index contributed by atoms with van der Waals surface area (Å²) in [5, 5.41) is 12.8. The molecule has 0 fully saturated rings. The van der Waals surface area contributed by atoms with Crippen LogP contribution in [0.15, 0.2) is 54.7 Å². The van der Waals surface area contributed by atoms with E-state index in [1.165, 1.54) is 17.0 Å². The summed E-state index contributed by atoms with van der Waals surface area (Å²) in [5.74, 6) is 0.542. The second-order valence-electron chi connectivity index (χ2n) is 10.0. The molecule has 0 spiro atoms. The number of nitrogens with zero attached hydrogens (tertiary/aromatic N) is 4. The van der Waals surface area contributed by atoms with Crippen molar-refractivity contribution in [2.45, 2.75) is 26.0 Å². The van der Waals surface area contributed by atoms with Gasteiger partial charge in [-0.15, -0.1) is 0 Å². The number of benzene rings is 2. The van der Waals surface area contributed by atoms with Crippen LogP contribution in [0.5, 0.6) is 5.75 Å². The van der Waals surface area contributed by atoms with E-state index in [2.05, 4.69) is 10.3 Å². The lowest BCUT2D eigenvalue weighted by Gasteiger charge is -2.28. The third-order valence-electron chi connectivity index (χ3n) is 6.75. The zero-order valence-corrected chi connectivity index (χ0v) is 23.2. The topological polar surface area (TPSA) is 110 Å². The lowest BCUT2D eigenvalue weighted by Crippen LogP contribution is -2.36. The molecule has 1 amide bonds. The van der Waals surface area contributed by atoms with Gasteiger partial charge >= 0.3 is 6.61 Å². The van der Waals surface area contributed by atoms with Gasteiger partial charge in [0.05, 0.1) is 42.7 Å². The van der Waals surface area contributed by atoms with Gasteiger partial charge in [-0.25, -0.2) is 9.97 Å². The number of ether oxygens (including phenoxy) is 1. The number of aliphatic hydroxyl groups is 1. The van der Waals surface area contributed by atoms with Crippen molar-refractivity contribution in [2.24, 2.45) is 0 Å². The van der Waals surface area contributed by atoms with Crippen LogP contribution in [0.4, 0.5) is 14.6 Å². The average molecular weight is 570 g/mol. The number of hydrogen-bond acceptors (Lipinski definition) is 7. The first-order valence-electron chi connectivity index (χ1n) is 12.9. The van der Waals surface area contributed by atoms with Crippen molar-refractivity contribution in [2.75, 3.05) is 38.1 Å². The van der Waals surface area contributed by atoms with Gasteiger partial charge in [-0.05, 0) is 61.7 Å². The number of aliphatic hydroxyl groups excluding tert-OH is 1. The van der Waals surface area contributed by atoms with Gasteiger partial charge in [-0.3, -0.25) is 9.36 Å². The molecule has 1 atom stereocenters. The molecule has 4 aromatic rings. The van der Waals surface area contributed by atoms with Gasteiger partial charge in [0.25, 0.3) is 5.91 Å². The molecule has 210 valence electrons. The van der Waals surface area contributed by atoms with Crippen molar-refractivity contribution in [3.8, 4) is 22.6 Å². The van der Waals surface area contributed by atoms with E-state index in [0.29, 0.717) is 35.4 Å². The molecule has 0 saturated heterocycles. The van der Waals surface area contributed by atoms with Crippen molar-refractivity contribution in [3.05, 3.63) is 66.1 Å². The predicted molar refractivity (Wildman–Crippen MR) is 150 cm³/mol. The molecule has 0 bridgehead atoms. The maximum Gasteiger partial charge on any atom is 0.387 e. The molecule has 5 rings (SSSR count). The maximum atomic E-state index is 13.7. The van der Waals surface area contributed by atoms with Crippen molar-refractivity contribution in [1.82, 2.24) is 19.4 Å². The number of fused-ring (bicyclic) bond motifs is 5. The minimum absolute atomic E-state index is 0.0583. The molecular formula is C28H30F2N5O4P. The lowest BCUT2D eigenvalue weighted by atomic mass is 10.1. The SMILES string of the molecule is CCC1c2nc3ccc(-c4ccc(NCP(C)(C)=O)nc4)cc3n2-c2c(OC(F)F)cccc2C(=O)N1CCO. The first-order chi connectivity index (χ1) is 19.1. The number of pyridine rings is 1. The number of halogens is 2. The summed E-state index contributed by atoms with van der Waals surface area (Å²) in [6.45, 7) is 2.01. The molecule has 2 aromatic heterocycles. The molecule has 1 aliphatic heterocycles. The number of imidazole rings is 1. The monoisotopic (exact) mass is 569 g/mol. The van der Waals surface area contributed by atoms with Crippen LogP contribution in [-0.2, 0) is 4.57 Å². The number of anilines is 1. The highest BCUT2D eigenvalue weighted by atomic mass is 31.2. The summed E-state index contributed by atoms with van der Waals surface area (Å²) in [6.07, 6.45) is 2.52. The van der Waals surface area contributed by atoms with Crippen LogP contribution in [0.1, 0.15) is 35.6 Å². The van der Waals surface area contributed by atoms with Crippen LogP contribution < -0.4 is 10.1 Å². The molecule has 40 heavy (non-hydrogen) atoms.